The summed E-state index contributed by atoms with van der Waals surface area (Å²) in [4.78, 5) is 21.6. The zero-order chi connectivity index (χ0) is 17.5. The highest BCUT2D eigenvalue weighted by Gasteiger charge is 2.27. The van der Waals surface area contributed by atoms with E-state index in [1.165, 1.54) is 13.8 Å². The molecule has 1 atom stereocenters. The first kappa shape index (κ1) is 17.0. The number of H-pyrrole nitrogens is 1. The number of piperidine rings is 1. The molecule has 8 heteroatoms. The van der Waals surface area contributed by atoms with Gasteiger partial charge >= 0.3 is 0 Å². The average Bonchev–Trinajstić information content (AvgIpc) is 2.89. The smallest absolute Gasteiger partial charge is 0.255 e. The van der Waals surface area contributed by atoms with Gasteiger partial charge in [0, 0.05) is 25.3 Å². The number of anilines is 2. The lowest BCUT2D eigenvalue weighted by Crippen LogP contribution is -2.43. The fraction of sp³-hybridized carbons (Fsp3) is 0.500. The predicted octanol–water partition coefficient (Wildman–Crippen LogP) is 1.85. The number of nitrogens with two attached hydrogens (primary N) is 1. The zero-order valence-electron chi connectivity index (χ0n) is 13.8. The molecule has 0 saturated carbocycles. The highest BCUT2D eigenvalue weighted by atomic mass is 35.5. The molecule has 1 aliphatic heterocycles. The van der Waals surface area contributed by atoms with Crippen LogP contribution in [0.25, 0.3) is 11.0 Å². The lowest BCUT2D eigenvalue weighted by Gasteiger charge is -2.33. The van der Waals surface area contributed by atoms with Crippen LogP contribution in [0.4, 0.5) is 11.4 Å². The first-order chi connectivity index (χ1) is 11.3. The van der Waals surface area contributed by atoms with Gasteiger partial charge in [-0.2, -0.15) is 0 Å². The van der Waals surface area contributed by atoms with Gasteiger partial charge in [0.05, 0.1) is 28.0 Å². The molecule has 7 nitrogen and oxygen atoms in total. The van der Waals surface area contributed by atoms with Crippen LogP contribution in [0.2, 0.25) is 5.02 Å². The lowest BCUT2D eigenvalue weighted by atomic mass is 10.0. The quantitative estimate of drug-likeness (QED) is 0.675. The monoisotopic (exact) mass is 351 g/mol. The van der Waals surface area contributed by atoms with E-state index in [-0.39, 0.29) is 6.04 Å². The Hall–Kier alpha value is -1.83. The molecule has 3 rings (SSSR count). The van der Waals surface area contributed by atoms with Gasteiger partial charge in [-0.3, -0.25) is 4.79 Å². The molecule has 1 saturated heterocycles. The van der Waals surface area contributed by atoms with Gasteiger partial charge in [0.2, 0.25) is 0 Å². The molecule has 0 radical (unpaired) electrons. The molecule has 0 bridgehead atoms. The maximum atomic E-state index is 12.1. The molecule has 2 aromatic rings. The Labute approximate surface area is 145 Å². The number of pyridine rings is 1. The Kier molecular flexibility index (Phi) is 4.42. The van der Waals surface area contributed by atoms with Gasteiger partial charge in [-0.25, -0.2) is 4.98 Å². The van der Waals surface area contributed by atoms with Crippen LogP contribution in [0.1, 0.15) is 26.7 Å². The van der Waals surface area contributed by atoms with Crippen LogP contribution in [0.3, 0.4) is 0 Å². The van der Waals surface area contributed by atoms with Gasteiger partial charge in [0.25, 0.3) is 5.91 Å². The summed E-state index contributed by atoms with van der Waals surface area (Å²) in [5, 5.41) is 13.9. The number of rotatable bonds is 3. The van der Waals surface area contributed by atoms with Crippen LogP contribution in [-0.2, 0) is 4.79 Å². The summed E-state index contributed by atoms with van der Waals surface area (Å²) in [5.41, 5.74) is 6.59. The minimum atomic E-state index is -1.48. The van der Waals surface area contributed by atoms with E-state index in [1.54, 1.807) is 12.4 Å². The Bertz CT molecular complexity index is 768. The van der Waals surface area contributed by atoms with E-state index in [1.807, 2.05) is 0 Å². The number of nitrogens with one attached hydrogen (secondary N) is 2. The Balaban J connectivity index is 2.06. The highest BCUT2D eigenvalue weighted by Crippen LogP contribution is 2.38. The third kappa shape index (κ3) is 3.19. The van der Waals surface area contributed by atoms with Gasteiger partial charge in [0.1, 0.15) is 11.2 Å². The maximum Gasteiger partial charge on any atom is 0.255 e. The van der Waals surface area contributed by atoms with Crippen molar-refractivity contribution in [2.24, 2.45) is 5.73 Å². The minimum Gasteiger partial charge on any atom is -0.381 e. The summed E-state index contributed by atoms with van der Waals surface area (Å²) in [6.45, 7) is 4.42. The predicted molar refractivity (Wildman–Crippen MR) is 95.5 cm³/mol. The lowest BCUT2D eigenvalue weighted by molar-refractivity contribution is -0.130. The van der Waals surface area contributed by atoms with E-state index in [0.29, 0.717) is 22.9 Å². The van der Waals surface area contributed by atoms with Crippen LogP contribution >= 0.6 is 11.6 Å². The number of carbonyl (C=O) groups is 1. The average molecular weight is 352 g/mol. The second kappa shape index (κ2) is 6.23. The number of halogens is 1. The van der Waals surface area contributed by atoms with Gasteiger partial charge in [-0.05, 0) is 26.7 Å². The molecule has 24 heavy (non-hydrogen) atoms. The Morgan fingerprint density at radius 1 is 1.58 bits per heavy atom. The summed E-state index contributed by atoms with van der Waals surface area (Å²) < 4.78 is 0. The van der Waals surface area contributed by atoms with Crippen LogP contribution in [0.5, 0.6) is 0 Å². The molecular formula is C16H22ClN5O2. The molecular weight excluding hydrogens is 330 g/mol. The van der Waals surface area contributed by atoms with E-state index in [9.17, 15) is 9.90 Å². The number of aromatic amines is 1. The summed E-state index contributed by atoms with van der Waals surface area (Å²) in [6, 6.07) is 0.0893. The molecule has 0 aromatic carbocycles. The molecule has 2 aromatic heterocycles. The van der Waals surface area contributed by atoms with Crippen molar-refractivity contribution in [3.8, 4) is 0 Å². The number of aliphatic hydroxyl groups is 1. The van der Waals surface area contributed by atoms with Crippen molar-refractivity contribution in [1.29, 1.82) is 0 Å². The topological polar surface area (TPSA) is 107 Å². The molecule has 1 fully saturated rings. The van der Waals surface area contributed by atoms with Crippen molar-refractivity contribution < 1.29 is 9.90 Å². The number of carbonyl (C=O) groups excluding carboxylic acids is 1. The largest absolute Gasteiger partial charge is 0.381 e. The number of hydrogen-bond acceptors (Lipinski definition) is 5. The second-order valence-corrected chi connectivity index (χ2v) is 7.15. The van der Waals surface area contributed by atoms with Gasteiger partial charge in [0.15, 0.2) is 0 Å². The first-order valence-electron chi connectivity index (χ1n) is 7.97. The molecule has 5 N–H and O–H groups in total. The van der Waals surface area contributed by atoms with Gasteiger partial charge in [-0.1, -0.05) is 11.6 Å². The highest BCUT2D eigenvalue weighted by molar-refractivity contribution is 6.35. The van der Waals surface area contributed by atoms with Crippen LogP contribution in [-0.4, -0.2) is 45.7 Å². The SMILES string of the molecule is CC(C)(O)C(=O)Nc1c[nH]c2ncc(Cl)c(N3CCCC(N)C3)c12. The van der Waals surface area contributed by atoms with E-state index in [2.05, 4.69) is 20.2 Å². The fourth-order valence-corrected chi connectivity index (χ4v) is 3.21. The third-order valence-corrected chi connectivity index (χ3v) is 4.48. The number of aromatic nitrogens is 2. The fourth-order valence-electron chi connectivity index (χ4n) is 2.95. The van der Waals surface area contributed by atoms with Gasteiger partial charge < -0.3 is 26.0 Å². The second-order valence-electron chi connectivity index (χ2n) is 6.74. The van der Waals surface area contributed by atoms with Crippen molar-refractivity contribution in [3.63, 3.8) is 0 Å². The van der Waals surface area contributed by atoms with E-state index in [4.69, 9.17) is 17.3 Å². The Morgan fingerprint density at radius 2 is 2.33 bits per heavy atom. The van der Waals surface area contributed by atoms with Crippen molar-refractivity contribution >= 4 is 39.9 Å². The molecule has 130 valence electrons. The van der Waals surface area contributed by atoms with Crippen molar-refractivity contribution in [1.82, 2.24) is 9.97 Å². The maximum absolute atomic E-state index is 12.1. The molecule has 0 spiro atoms. The van der Waals surface area contributed by atoms with Gasteiger partial charge in [-0.15, -0.1) is 0 Å². The third-order valence-electron chi connectivity index (χ3n) is 4.21. The summed E-state index contributed by atoms with van der Waals surface area (Å²) in [5.74, 6) is -0.496. The van der Waals surface area contributed by atoms with Crippen LogP contribution in [0.15, 0.2) is 12.4 Å². The zero-order valence-corrected chi connectivity index (χ0v) is 14.5. The minimum absolute atomic E-state index is 0.0893. The number of amides is 1. The van der Waals surface area contributed by atoms with Crippen molar-refractivity contribution in [2.75, 3.05) is 23.3 Å². The molecule has 3 heterocycles. The number of fused-ring (bicyclic) bond motifs is 1. The summed E-state index contributed by atoms with van der Waals surface area (Å²) >= 11 is 6.42. The number of hydrogen-bond donors (Lipinski definition) is 4. The molecule has 0 aliphatic carbocycles. The molecule has 1 unspecified atom stereocenters. The first-order valence-corrected chi connectivity index (χ1v) is 8.35. The molecule has 1 amide bonds. The van der Waals surface area contributed by atoms with Crippen molar-refractivity contribution in [2.45, 2.75) is 38.3 Å². The molecule has 1 aliphatic rings. The van der Waals surface area contributed by atoms with Crippen LogP contribution < -0.4 is 16.0 Å². The van der Waals surface area contributed by atoms with Crippen LogP contribution in [0, 0.1) is 0 Å². The normalized spacial score (nSPS) is 18.9. The van der Waals surface area contributed by atoms with E-state index >= 15 is 0 Å². The van der Waals surface area contributed by atoms with Crippen molar-refractivity contribution in [3.05, 3.63) is 17.4 Å². The number of nitrogens with zero attached hydrogens (tertiary/aromatic N) is 2. The standard InChI is InChI=1S/C16H22ClN5O2/c1-16(2,24)15(23)21-11-7-20-14-12(11)13(10(17)6-19-14)22-5-3-4-9(18)8-22/h6-7,9,24H,3-5,8,18H2,1-2H3,(H,19,20)(H,21,23). The summed E-state index contributed by atoms with van der Waals surface area (Å²) in [7, 11) is 0. The van der Waals surface area contributed by atoms with E-state index in [0.717, 1.165) is 30.5 Å². The van der Waals surface area contributed by atoms with E-state index < -0.39 is 11.5 Å². The Morgan fingerprint density at radius 3 is 3.00 bits per heavy atom. The summed E-state index contributed by atoms with van der Waals surface area (Å²) in [6.07, 6.45) is 5.22.